The Hall–Kier alpha value is -2.29. The Balaban J connectivity index is 2.13. The van der Waals surface area contributed by atoms with Crippen LogP contribution in [0, 0.1) is 13.8 Å². The topological polar surface area (TPSA) is 35.5 Å². The zero-order chi connectivity index (χ0) is 15.2. The smallest absolute Gasteiger partial charge is 0.316 e. The van der Waals surface area contributed by atoms with Gasteiger partial charge in [-0.3, -0.25) is 4.79 Å². The van der Waals surface area contributed by atoms with Gasteiger partial charge in [0.1, 0.15) is 18.3 Å². The molecule has 1 atom stereocenters. The van der Waals surface area contributed by atoms with Crippen LogP contribution < -0.4 is 4.74 Å². The Kier molecular flexibility index (Phi) is 4.99. The molecule has 0 aliphatic rings. The number of hydrogen-bond donors (Lipinski definition) is 0. The van der Waals surface area contributed by atoms with E-state index in [2.05, 4.69) is 0 Å². The van der Waals surface area contributed by atoms with Crippen molar-refractivity contribution >= 4 is 5.97 Å². The molecule has 2 aromatic rings. The zero-order valence-electron chi connectivity index (χ0n) is 12.6. The molecular formula is C18H20O3. The van der Waals surface area contributed by atoms with Crippen molar-refractivity contribution in [2.24, 2.45) is 0 Å². The Morgan fingerprint density at radius 2 is 1.76 bits per heavy atom. The van der Waals surface area contributed by atoms with Crippen LogP contribution >= 0.6 is 0 Å². The first-order valence-corrected chi connectivity index (χ1v) is 6.94. The lowest BCUT2D eigenvalue weighted by Gasteiger charge is -2.16. The minimum atomic E-state index is -0.420. The van der Waals surface area contributed by atoms with E-state index in [0.717, 1.165) is 22.4 Å². The maximum absolute atomic E-state index is 12.0. The Labute approximate surface area is 125 Å². The molecule has 0 aliphatic carbocycles. The molecule has 0 N–H and O–H groups in total. The minimum absolute atomic E-state index is 0.263. The highest BCUT2D eigenvalue weighted by Gasteiger charge is 2.22. The molecule has 3 heteroatoms. The van der Waals surface area contributed by atoms with Crippen LogP contribution in [0.5, 0.6) is 5.75 Å². The van der Waals surface area contributed by atoms with Crippen LogP contribution in [0.2, 0.25) is 0 Å². The number of benzene rings is 2. The highest BCUT2D eigenvalue weighted by molar-refractivity contribution is 5.78. The predicted molar refractivity (Wildman–Crippen MR) is 82.6 cm³/mol. The van der Waals surface area contributed by atoms with Gasteiger partial charge in [0.05, 0.1) is 7.11 Å². The molecule has 0 saturated heterocycles. The van der Waals surface area contributed by atoms with Crippen LogP contribution in [0.1, 0.15) is 22.6 Å². The van der Waals surface area contributed by atoms with Crippen molar-refractivity contribution in [3.05, 3.63) is 65.2 Å². The van der Waals surface area contributed by atoms with Crippen molar-refractivity contribution in [2.75, 3.05) is 13.7 Å². The summed E-state index contributed by atoms with van der Waals surface area (Å²) in [7, 11) is 1.40. The average molecular weight is 284 g/mol. The number of esters is 1. The molecule has 0 heterocycles. The molecule has 0 spiro atoms. The number of carbonyl (C=O) groups excluding carboxylic acids is 1. The third kappa shape index (κ3) is 4.09. The van der Waals surface area contributed by atoms with Crippen molar-refractivity contribution in [1.29, 1.82) is 0 Å². The van der Waals surface area contributed by atoms with Crippen LogP contribution in [-0.2, 0) is 9.53 Å². The van der Waals surface area contributed by atoms with Crippen LogP contribution in [-0.4, -0.2) is 19.7 Å². The van der Waals surface area contributed by atoms with Gasteiger partial charge in [0.25, 0.3) is 0 Å². The normalized spacial score (nSPS) is 11.8. The van der Waals surface area contributed by atoms with Gasteiger partial charge in [-0.05, 0) is 37.1 Å². The number of ether oxygens (including phenoxy) is 2. The number of hydrogen-bond acceptors (Lipinski definition) is 3. The van der Waals surface area contributed by atoms with Gasteiger partial charge >= 0.3 is 5.97 Å². The monoisotopic (exact) mass is 284 g/mol. The van der Waals surface area contributed by atoms with Gasteiger partial charge in [0.2, 0.25) is 0 Å². The van der Waals surface area contributed by atoms with Gasteiger partial charge < -0.3 is 9.47 Å². The van der Waals surface area contributed by atoms with E-state index < -0.39 is 5.92 Å². The zero-order valence-corrected chi connectivity index (χ0v) is 12.6. The van der Waals surface area contributed by atoms with Crippen molar-refractivity contribution in [2.45, 2.75) is 19.8 Å². The van der Waals surface area contributed by atoms with Crippen molar-refractivity contribution in [3.63, 3.8) is 0 Å². The third-order valence-corrected chi connectivity index (χ3v) is 3.37. The lowest BCUT2D eigenvalue weighted by atomic mass is 9.99. The van der Waals surface area contributed by atoms with Crippen LogP contribution in [0.15, 0.2) is 48.5 Å². The van der Waals surface area contributed by atoms with Gasteiger partial charge in [-0.1, -0.05) is 42.0 Å². The molecule has 0 saturated carbocycles. The van der Waals surface area contributed by atoms with Gasteiger partial charge in [0.15, 0.2) is 0 Å². The van der Waals surface area contributed by atoms with Crippen molar-refractivity contribution in [1.82, 2.24) is 0 Å². The summed E-state index contributed by atoms with van der Waals surface area (Å²) >= 11 is 0. The minimum Gasteiger partial charge on any atom is -0.492 e. The van der Waals surface area contributed by atoms with E-state index in [1.165, 1.54) is 7.11 Å². The summed E-state index contributed by atoms with van der Waals surface area (Å²) in [4.78, 5) is 12.0. The fourth-order valence-electron chi connectivity index (χ4n) is 2.13. The van der Waals surface area contributed by atoms with E-state index in [1.54, 1.807) is 0 Å². The van der Waals surface area contributed by atoms with E-state index in [9.17, 15) is 4.79 Å². The van der Waals surface area contributed by atoms with E-state index in [4.69, 9.17) is 9.47 Å². The highest BCUT2D eigenvalue weighted by Crippen LogP contribution is 2.21. The van der Waals surface area contributed by atoms with Crippen LogP contribution in [0.3, 0.4) is 0 Å². The molecule has 110 valence electrons. The fourth-order valence-corrected chi connectivity index (χ4v) is 2.13. The van der Waals surface area contributed by atoms with E-state index in [0.29, 0.717) is 0 Å². The summed E-state index contributed by atoms with van der Waals surface area (Å²) in [6, 6.07) is 15.6. The molecule has 0 aromatic heterocycles. The first kappa shape index (κ1) is 15.1. The maximum atomic E-state index is 12.0. The standard InChI is InChI=1S/C18H20O3/c1-13-7-9-15(10-8-13)17(18(19)20-3)12-21-16-6-4-5-14(2)11-16/h4-11,17H,12H2,1-3H3. The molecule has 0 fully saturated rings. The Bertz CT molecular complexity index is 602. The summed E-state index contributed by atoms with van der Waals surface area (Å²) in [6.45, 7) is 4.28. The molecular weight excluding hydrogens is 264 g/mol. The highest BCUT2D eigenvalue weighted by atomic mass is 16.5. The summed E-state index contributed by atoms with van der Waals surface area (Å²) in [6.07, 6.45) is 0. The second-order valence-electron chi connectivity index (χ2n) is 5.11. The molecule has 21 heavy (non-hydrogen) atoms. The number of rotatable bonds is 5. The van der Waals surface area contributed by atoms with E-state index in [1.807, 2.05) is 62.4 Å². The van der Waals surface area contributed by atoms with Gasteiger partial charge in [0, 0.05) is 0 Å². The van der Waals surface area contributed by atoms with E-state index in [-0.39, 0.29) is 12.6 Å². The Morgan fingerprint density at radius 3 is 2.38 bits per heavy atom. The van der Waals surface area contributed by atoms with Crippen molar-refractivity contribution < 1.29 is 14.3 Å². The SMILES string of the molecule is COC(=O)C(COc1cccc(C)c1)c1ccc(C)cc1. The first-order valence-electron chi connectivity index (χ1n) is 6.94. The van der Waals surface area contributed by atoms with Crippen molar-refractivity contribution in [3.8, 4) is 5.75 Å². The quantitative estimate of drug-likeness (QED) is 0.786. The van der Waals surface area contributed by atoms with Gasteiger partial charge in [-0.25, -0.2) is 0 Å². The van der Waals surface area contributed by atoms with Crippen LogP contribution in [0.25, 0.3) is 0 Å². The number of methoxy groups -OCH3 is 1. The lowest BCUT2D eigenvalue weighted by Crippen LogP contribution is -2.21. The van der Waals surface area contributed by atoms with Gasteiger partial charge in [-0.2, -0.15) is 0 Å². The second kappa shape index (κ2) is 6.93. The molecule has 2 aromatic carbocycles. The summed E-state index contributed by atoms with van der Waals surface area (Å²) in [5.74, 6) is 0.0543. The number of aryl methyl sites for hydroxylation is 2. The molecule has 2 rings (SSSR count). The summed E-state index contributed by atoms with van der Waals surface area (Å²) in [5.41, 5.74) is 3.18. The maximum Gasteiger partial charge on any atom is 0.316 e. The molecule has 3 nitrogen and oxygen atoms in total. The third-order valence-electron chi connectivity index (χ3n) is 3.37. The second-order valence-corrected chi connectivity index (χ2v) is 5.11. The van der Waals surface area contributed by atoms with E-state index >= 15 is 0 Å². The molecule has 0 amide bonds. The molecule has 0 bridgehead atoms. The van der Waals surface area contributed by atoms with Gasteiger partial charge in [-0.15, -0.1) is 0 Å². The molecule has 1 unspecified atom stereocenters. The number of carbonyl (C=O) groups is 1. The largest absolute Gasteiger partial charge is 0.492 e. The summed E-state index contributed by atoms with van der Waals surface area (Å²) < 4.78 is 10.6. The van der Waals surface area contributed by atoms with Crippen LogP contribution in [0.4, 0.5) is 0 Å². The lowest BCUT2D eigenvalue weighted by molar-refractivity contribution is -0.143. The summed E-state index contributed by atoms with van der Waals surface area (Å²) in [5, 5.41) is 0. The molecule has 0 aliphatic heterocycles. The fraction of sp³-hybridized carbons (Fsp3) is 0.278. The first-order chi connectivity index (χ1) is 10.1. The molecule has 0 radical (unpaired) electrons. The average Bonchev–Trinajstić information content (AvgIpc) is 2.49. The Morgan fingerprint density at radius 1 is 1.05 bits per heavy atom. The predicted octanol–water partition coefficient (Wildman–Crippen LogP) is 3.64.